The molecule has 2 atom stereocenters. The maximum Gasteiger partial charge on any atom is 0.224 e. The zero-order valence-corrected chi connectivity index (χ0v) is 13.5. The average Bonchev–Trinajstić information content (AvgIpc) is 2.81. The smallest absolute Gasteiger partial charge is 0.224 e. The number of hydrogen-bond donors (Lipinski definition) is 1. The minimum Gasteiger partial charge on any atom is -0.378 e. The number of rotatable bonds is 5. The molecule has 1 aromatic carbocycles. The first kappa shape index (κ1) is 18.0. The Kier molecular flexibility index (Phi) is 7.15. The summed E-state index contributed by atoms with van der Waals surface area (Å²) in [7, 11) is 0. The van der Waals surface area contributed by atoms with Crippen molar-refractivity contribution in [3.63, 3.8) is 0 Å². The van der Waals surface area contributed by atoms with Gasteiger partial charge >= 0.3 is 0 Å². The standard InChI is InChI=1S/C16H24N2O2.ClH/c1-12(2)20-9-8-16(19)18-10-14(15(17)11-18)13-6-4-3-5-7-13;/h3-7,12,14-15H,8-11,17H2,1-2H3;1H/t14-,15+;/m0./s1. The summed E-state index contributed by atoms with van der Waals surface area (Å²) < 4.78 is 5.43. The van der Waals surface area contributed by atoms with Crippen LogP contribution in [0, 0.1) is 0 Å². The number of hydrogen-bond acceptors (Lipinski definition) is 3. The van der Waals surface area contributed by atoms with E-state index in [0.29, 0.717) is 26.1 Å². The number of carbonyl (C=O) groups excluding carboxylic acids is 1. The minimum atomic E-state index is 0. The highest BCUT2D eigenvalue weighted by atomic mass is 35.5. The Labute approximate surface area is 133 Å². The van der Waals surface area contributed by atoms with E-state index in [1.165, 1.54) is 5.56 Å². The Bertz CT molecular complexity index is 439. The summed E-state index contributed by atoms with van der Waals surface area (Å²) in [4.78, 5) is 14.0. The van der Waals surface area contributed by atoms with Crippen LogP contribution in [0.2, 0.25) is 0 Å². The molecule has 0 unspecified atom stereocenters. The quantitative estimate of drug-likeness (QED) is 0.906. The predicted octanol–water partition coefficient (Wildman–Crippen LogP) is 2.18. The molecule has 0 radical (unpaired) electrons. The van der Waals surface area contributed by atoms with Crippen molar-refractivity contribution in [1.82, 2.24) is 4.90 Å². The van der Waals surface area contributed by atoms with Crippen LogP contribution >= 0.6 is 12.4 Å². The fraction of sp³-hybridized carbons (Fsp3) is 0.562. The van der Waals surface area contributed by atoms with Crippen LogP contribution in [0.4, 0.5) is 0 Å². The molecule has 118 valence electrons. The van der Waals surface area contributed by atoms with Gasteiger partial charge in [-0.25, -0.2) is 0 Å². The van der Waals surface area contributed by atoms with Gasteiger partial charge in [-0.05, 0) is 19.4 Å². The highest BCUT2D eigenvalue weighted by molar-refractivity contribution is 5.85. The van der Waals surface area contributed by atoms with Gasteiger partial charge in [-0.3, -0.25) is 4.79 Å². The van der Waals surface area contributed by atoms with E-state index in [0.717, 1.165) is 0 Å². The van der Waals surface area contributed by atoms with Crippen molar-refractivity contribution in [2.45, 2.75) is 38.3 Å². The number of carbonyl (C=O) groups is 1. The minimum absolute atomic E-state index is 0. The molecular formula is C16H25ClN2O2. The van der Waals surface area contributed by atoms with Gasteiger partial charge in [-0.1, -0.05) is 30.3 Å². The molecule has 0 spiro atoms. The zero-order valence-electron chi connectivity index (χ0n) is 12.7. The third-order valence-electron chi connectivity index (χ3n) is 3.71. The third kappa shape index (κ3) is 4.99. The van der Waals surface area contributed by atoms with E-state index in [-0.39, 0.29) is 36.4 Å². The van der Waals surface area contributed by atoms with Crippen LogP contribution in [-0.4, -0.2) is 42.6 Å². The van der Waals surface area contributed by atoms with Crippen molar-refractivity contribution < 1.29 is 9.53 Å². The molecule has 1 saturated heterocycles. The second kappa shape index (κ2) is 8.37. The zero-order chi connectivity index (χ0) is 14.5. The highest BCUT2D eigenvalue weighted by Crippen LogP contribution is 2.26. The first-order valence-electron chi connectivity index (χ1n) is 7.28. The van der Waals surface area contributed by atoms with E-state index < -0.39 is 0 Å². The molecule has 1 aliphatic rings. The summed E-state index contributed by atoms with van der Waals surface area (Å²) in [5.74, 6) is 0.380. The first-order chi connectivity index (χ1) is 9.58. The van der Waals surface area contributed by atoms with Crippen LogP contribution in [0.1, 0.15) is 31.7 Å². The number of nitrogens with two attached hydrogens (primary N) is 1. The Balaban J connectivity index is 0.00000220. The van der Waals surface area contributed by atoms with Gasteiger partial charge in [0.05, 0.1) is 19.1 Å². The van der Waals surface area contributed by atoms with Crippen molar-refractivity contribution in [3.05, 3.63) is 35.9 Å². The van der Waals surface area contributed by atoms with Crippen LogP contribution in [0.5, 0.6) is 0 Å². The predicted molar refractivity (Wildman–Crippen MR) is 86.7 cm³/mol. The van der Waals surface area contributed by atoms with Crippen molar-refractivity contribution in [3.8, 4) is 0 Å². The SMILES string of the molecule is CC(C)OCCC(=O)N1C[C@@H](N)[C@H](c2ccccc2)C1.Cl. The van der Waals surface area contributed by atoms with Gasteiger partial charge in [0, 0.05) is 25.0 Å². The molecule has 1 aromatic rings. The van der Waals surface area contributed by atoms with Gasteiger partial charge in [0.25, 0.3) is 0 Å². The number of amides is 1. The van der Waals surface area contributed by atoms with Crippen LogP contribution < -0.4 is 5.73 Å². The van der Waals surface area contributed by atoms with E-state index in [1.807, 2.05) is 36.9 Å². The number of likely N-dealkylation sites (tertiary alicyclic amines) is 1. The molecule has 0 aromatic heterocycles. The molecule has 1 fully saturated rings. The van der Waals surface area contributed by atoms with Crippen molar-refractivity contribution in [2.24, 2.45) is 5.73 Å². The molecule has 2 rings (SSSR count). The van der Waals surface area contributed by atoms with Crippen LogP contribution in [0.3, 0.4) is 0 Å². The maximum atomic E-state index is 12.1. The van der Waals surface area contributed by atoms with Gasteiger partial charge in [0.2, 0.25) is 5.91 Å². The van der Waals surface area contributed by atoms with Crippen molar-refractivity contribution in [2.75, 3.05) is 19.7 Å². The summed E-state index contributed by atoms with van der Waals surface area (Å²) in [6.07, 6.45) is 0.604. The van der Waals surface area contributed by atoms with E-state index in [4.69, 9.17) is 10.5 Å². The van der Waals surface area contributed by atoms with Gasteiger partial charge < -0.3 is 15.4 Å². The first-order valence-corrected chi connectivity index (χ1v) is 7.28. The van der Waals surface area contributed by atoms with E-state index >= 15 is 0 Å². The monoisotopic (exact) mass is 312 g/mol. The Morgan fingerprint density at radius 2 is 2.00 bits per heavy atom. The molecule has 0 aliphatic carbocycles. The summed E-state index contributed by atoms with van der Waals surface area (Å²) in [6.45, 7) is 5.79. The number of benzene rings is 1. The van der Waals surface area contributed by atoms with Crippen LogP contribution in [0.25, 0.3) is 0 Å². The molecule has 1 aliphatic heterocycles. The number of nitrogens with zero attached hydrogens (tertiary/aromatic N) is 1. The lowest BCUT2D eigenvalue weighted by molar-refractivity contribution is -0.131. The third-order valence-corrected chi connectivity index (χ3v) is 3.71. The fourth-order valence-electron chi connectivity index (χ4n) is 2.63. The molecular weight excluding hydrogens is 288 g/mol. The molecule has 0 saturated carbocycles. The largest absolute Gasteiger partial charge is 0.378 e. The van der Waals surface area contributed by atoms with E-state index in [1.54, 1.807) is 0 Å². The lowest BCUT2D eigenvalue weighted by Gasteiger charge is -2.17. The van der Waals surface area contributed by atoms with Gasteiger partial charge in [0.15, 0.2) is 0 Å². The Morgan fingerprint density at radius 3 is 2.62 bits per heavy atom. The van der Waals surface area contributed by atoms with Gasteiger partial charge in [-0.15, -0.1) is 12.4 Å². The van der Waals surface area contributed by atoms with E-state index in [2.05, 4.69) is 12.1 Å². The second-order valence-corrected chi connectivity index (χ2v) is 5.65. The lowest BCUT2D eigenvalue weighted by atomic mass is 9.95. The van der Waals surface area contributed by atoms with Crippen molar-refractivity contribution in [1.29, 1.82) is 0 Å². The van der Waals surface area contributed by atoms with Crippen LogP contribution in [0.15, 0.2) is 30.3 Å². The topological polar surface area (TPSA) is 55.6 Å². The van der Waals surface area contributed by atoms with Gasteiger partial charge in [0.1, 0.15) is 0 Å². The average molecular weight is 313 g/mol. The molecule has 21 heavy (non-hydrogen) atoms. The van der Waals surface area contributed by atoms with E-state index in [9.17, 15) is 4.79 Å². The Hall–Kier alpha value is -1.10. The van der Waals surface area contributed by atoms with Gasteiger partial charge in [-0.2, -0.15) is 0 Å². The Morgan fingerprint density at radius 1 is 1.33 bits per heavy atom. The lowest BCUT2D eigenvalue weighted by Crippen LogP contribution is -2.32. The second-order valence-electron chi connectivity index (χ2n) is 5.65. The number of ether oxygens (including phenoxy) is 1. The summed E-state index contributed by atoms with van der Waals surface area (Å²) >= 11 is 0. The molecule has 5 heteroatoms. The molecule has 1 amide bonds. The molecule has 4 nitrogen and oxygen atoms in total. The molecule has 0 bridgehead atoms. The molecule has 1 heterocycles. The maximum absolute atomic E-state index is 12.1. The summed E-state index contributed by atoms with van der Waals surface area (Å²) in [5.41, 5.74) is 7.41. The number of halogens is 1. The van der Waals surface area contributed by atoms with Crippen LogP contribution in [-0.2, 0) is 9.53 Å². The highest BCUT2D eigenvalue weighted by Gasteiger charge is 2.33. The normalized spacial score (nSPS) is 21.4. The summed E-state index contributed by atoms with van der Waals surface area (Å²) in [5, 5.41) is 0. The summed E-state index contributed by atoms with van der Waals surface area (Å²) in [6, 6.07) is 10.2. The molecule has 2 N–H and O–H groups in total. The van der Waals surface area contributed by atoms with Crippen molar-refractivity contribution >= 4 is 18.3 Å². The fourth-order valence-corrected chi connectivity index (χ4v) is 2.63.